The van der Waals surface area contributed by atoms with Crippen LogP contribution in [0.2, 0.25) is 0 Å². The molecule has 0 amide bonds. The Kier molecular flexibility index (Phi) is 5.41. The van der Waals surface area contributed by atoms with Crippen molar-refractivity contribution in [2.75, 3.05) is 39.8 Å². The summed E-state index contributed by atoms with van der Waals surface area (Å²) < 4.78 is 0. The molecule has 2 aliphatic rings. The van der Waals surface area contributed by atoms with E-state index in [2.05, 4.69) is 15.1 Å². The Balaban J connectivity index is 1.69. The molecule has 2 unspecified atom stereocenters. The van der Waals surface area contributed by atoms with Crippen molar-refractivity contribution in [1.82, 2.24) is 15.1 Å². The molecule has 5 heteroatoms. The maximum atomic E-state index is 11.2. The lowest BCUT2D eigenvalue weighted by atomic mass is 9.96. The summed E-state index contributed by atoms with van der Waals surface area (Å²) in [7, 11) is 1.73. The highest BCUT2D eigenvalue weighted by atomic mass is 16.4. The largest absolute Gasteiger partial charge is 0.480 e. The van der Waals surface area contributed by atoms with Crippen LogP contribution in [0.3, 0.4) is 0 Å². The lowest BCUT2D eigenvalue weighted by molar-refractivity contribution is -0.144. The number of aliphatic carboxylic acids is 1. The van der Waals surface area contributed by atoms with E-state index < -0.39 is 11.5 Å². The molecule has 2 fully saturated rings. The second-order valence-electron chi connectivity index (χ2n) is 6.48. The van der Waals surface area contributed by atoms with E-state index in [4.69, 9.17) is 0 Å². The fourth-order valence-electron chi connectivity index (χ4n) is 3.42. The third-order valence-electron chi connectivity index (χ3n) is 5.08. The van der Waals surface area contributed by atoms with Crippen molar-refractivity contribution in [3.63, 3.8) is 0 Å². The predicted molar refractivity (Wildman–Crippen MR) is 80.0 cm³/mol. The van der Waals surface area contributed by atoms with Gasteiger partial charge >= 0.3 is 5.97 Å². The van der Waals surface area contributed by atoms with Gasteiger partial charge in [0.1, 0.15) is 5.54 Å². The van der Waals surface area contributed by atoms with E-state index in [0.717, 1.165) is 19.0 Å². The Hall–Kier alpha value is -0.650. The van der Waals surface area contributed by atoms with Crippen LogP contribution in [0.4, 0.5) is 0 Å². The zero-order valence-corrected chi connectivity index (χ0v) is 12.9. The summed E-state index contributed by atoms with van der Waals surface area (Å²) in [6.07, 6.45) is 5.62. The van der Waals surface area contributed by atoms with Crippen LogP contribution < -0.4 is 5.32 Å². The predicted octanol–water partition coefficient (Wildman–Crippen LogP) is 0.999. The first kappa shape index (κ1) is 15.7. The van der Waals surface area contributed by atoms with Crippen LogP contribution in [0.25, 0.3) is 0 Å². The van der Waals surface area contributed by atoms with E-state index in [9.17, 15) is 9.90 Å². The third kappa shape index (κ3) is 3.71. The number of carbonyl (C=O) groups is 1. The molecular weight excluding hydrogens is 254 g/mol. The SMILES string of the molecule is CNC(C)(CCCN1CCC(N2CCCC2)C1)C(=O)O. The van der Waals surface area contributed by atoms with Crippen molar-refractivity contribution in [2.24, 2.45) is 0 Å². The van der Waals surface area contributed by atoms with Crippen LogP contribution in [0.1, 0.15) is 39.0 Å². The number of carboxylic acids is 1. The fourth-order valence-corrected chi connectivity index (χ4v) is 3.42. The second-order valence-corrected chi connectivity index (χ2v) is 6.48. The lowest BCUT2D eigenvalue weighted by Gasteiger charge is -2.26. The zero-order chi connectivity index (χ0) is 14.6. The summed E-state index contributed by atoms with van der Waals surface area (Å²) in [6, 6.07) is 0.743. The van der Waals surface area contributed by atoms with E-state index >= 15 is 0 Å². The average Bonchev–Trinajstić information content (AvgIpc) is 3.08. The first-order chi connectivity index (χ1) is 9.55. The van der Waals surface area contributed by atoms with Gasteiger partial charge in [-0.25, -0.2) is 0 Å². The number of hydrogen-bond acceptors (Lipinski definition) is 4. The number of likely N-dealkylation sites (N-methyl/N-ethyl adjacent to an activating group) is 1. The number of nitrogens with zero attached hydrogens (tertiary/aromatic N) is 2. The zero-order valence-electron chi connectivity index (χ0n) is 12.9. The minimum atomic E-state index is -0.784. The van der Waals surface area contributed by atoms with Gasteiger partial charge in [0, 0.05) is 12.6 Å². The van der Waals surface area contributed by atoms with E-state index in [1.807, 2.05) is 0 Å². The molecular formula is C15H29N3O2. The van der Waals surface area contributed by atoms with Crippen molar-refractivity contribution >= 4 is 5.97 Å². The van der Waals surface area contributed by atoms with Gasteiger partial charge in [0.2, 0.25) is 0 Å². The summed E-state index contributed by atoms with van der Waals surface area (Å²) >= 11 is 0. The van der Waals surface area contributed by atoms with Gasteiger partial charge in [-0.15, -0.1) is 0 Å². The highest BCUT2D eigenvalue weighted by Crippen LogP contribution is 2.21. The molecule has 0 saturated carbocycles. The van der Waals surface area contributed by atoms with Crippen LogP contribution in [0.5, 0.6) is 0 Å². The molecule has 2 atom stereocenters. The molecule has 0 aromatic rings. The van der Waals surface area contributed by atoms with Crippen molar-refractivity contribution in [1.29, 1.82) is 0 Å². The van der Waals surface area contributed by atoms with Gasteiger partial charge in [0.25, 0.3) is 0 Å². The summed E-state index contributed by atoms with van der Waals surface area (Å²) in [5, 5.41) is 12.2. The van der Waals surface area contributed by atoms with Crippen molar-refractivity contribution in [3.8, 4) is 0 Å². The third-order valence-corrected chi connectivity index (χ3v) is 5.08. The molecule has 2 rings (SSSR count). The molecule has 2 aliphatic heterocycles. The Morgan fingerprint density at radius 3 is 2.65 bits per heavy atom. The first-order valence-electron chi connectivity index (χ1n) is 7.94. The molecule has 0 aromatic heterocycles. The van der Waals surface area contributed by atoms with Crippen LogP contribution in [0, 0.1) is 0 Å². The van der Waals surface area contributed by atoms with E-state index in [1.54, 1.807) is 14.0 Å². The molecule has 2 saturated heterocycles. The van der Waals surface area contributed by atoms with Crippen molar-refractivity contribution in [2.45, 2.75) is 50.6 Å². The first-order valence-corrected chi connectivity index (χ1v) is 7.94. The van der Waals surface area contributed by atoms with Crippen molar-refractivity contribution in [3.05, 3.63) is 0 Å². The summed E-state index contributed by atoms with van der Waals surface area (Å²) in [5.41, 5.74) is -0.784. The number of likely N-dealkylation sites (tertiary alicyclic amines) is 2. The Morgan fingerprint density at radius 1 is 1.35 bits per heavy atom. The standard InChI is InChI=1S/C15H29N3O2/c1-15(16-2,14(19)20)7-5-8-17-11-6-13(12-17)18-9-3-4-10-18/h13,16H,3-12H2,1-2H3,(H,19,20). The molecule has 0 radical (unpaired) electrons. The maximum absolute atomic E-state index is 11.2. The fraction of sp³-hybridized carbons (Fsp3) is 0.933. The van der Waals surface area contributed by atoms with Gasteiger partial charge in [-0.2, -0.15) is 0 Å². The normalized spacial score (nSPS) is 27.8. The van der Waals surface area contributed by atoms with Crippen LogP contribution in [-0.4, -0.2) is 72.2 Å². The number of hydrogen-bond donors (Lipinski definition) is 2. The molecule has 0 aromatic carbocycles. The van der Waals surface area contributed by atoms with Gasteiger partial charge < -0.3 is 15.3 Å². The maximum Gasteiger partial charge on any atom is 0.323 e. The minimum absolute atomic E-state index is 0.684. The van der Waals surface area contributed by atoms with E-state index in [0.29, 0.717) is 6.42 Å². The summed E-state index contributed by atoms with van der Waals surface area (Å²) in [4.78, 5) is 16.4. The van der Waals surface area contributed by atoms with E-state index in [-0.39, 0.29) is 0 Å². The summed E-state index contributed by atoms with van der Waals surface area (Å²) in [5.74, 6) is -0.753. The van der Waals surface area contributed by atoms with E-state index in [1.165, 1.54) is 45.4 Å². The van der Waals surface area contributed by atoms with Gasteiger partial charge in [0.05, 0.1) is 0 Å². The Morgan fingerprint density at radius 2 is 2.05 bits per heavy atom. The second kappa shape index (κ2) is 6.87. The van der Waals surface area contributed by atoms with Gasteiger partial charge in [0.15, 0.2) is 0 Å². The number of carboxylic acid groups (broad SMARTS) is 1. The Labute approximate surface area is 122 Å². The minimum Gasteiger partial charge on any atom is -0.480 e. The molecule has 0 spiro atoms. The molecule has 116 valence electrons. The van der Waals surface area contributed by atoms with Gasteiger partial charge in [-0.1, -0.05) is 0 Å². The highest BCUT2D eigenvalue weighted by Gasteiger charge is 2.32. The van der Waals surface area contributed by atoms with Crippen LogP contribution in [0.15, 0.2) is 0 Å². The number of rotatable bonds is 7. The monoisotopic (exact) mass is 283 g/mol. The van der Waals surface area contributed by atoms with Gasteiger partial charge in [-0.3, -0.25) is 9.69 Å². The molecule has 2 heterocycles. The molecule has 5 nitrogen and oxygen atoms in total. The van der Waals surface area contributed by atoms with Crippen LogP contribution in [-0.2, 0) is 4.79 Å². The smallest absolute Gasteiger partial charge is 0.323 e. The quantitative estimate of drug-likeness (QED) is 0.730. The highest BCUT2D eigenvalue weighted by molar-refractivity contribution is 5.78. The topological polar surface area (TPSA) is 55.8 Å². The molecule has 0 aliphatic carbocycles. The lowest BCUT2D eigenvalue weighted by Crippen LogP contribution is -2.47. The molecule has 2 N–H and O–H groups in total. The summed E-state index contributed by atoms with van der Waals surface area (Å²) in [6.45, 7) is 7.68. The van der Waals surface area contributed by atoms with Crippen LogP contribution >= 0.6 is 0 Å². The average molecular weight is 283 g/mol. The van der Waals surface area contributed by atoms with Gasteiger partial charge in [-0.05, 0) is 72.3 Å². The number of nitrogens with one attached hydrogen (secondary N) is 1. The van der Waals surface area contributed by atoms with Crippen molar-refractivity contribution < 1.29 is 9.90 Å². The Bertz CT molecular complexity index is 331. The molecule has 20 heavy (non-hydrogen) atoms. The molecule has 0 bridgehead atoms.